The fourth-order valence-electron chi connectivity index (χ4n) is 3.16. The molecule has 4 atom stereocenters. The van der Waals surface area contributed by atoms with Crippen LogP contribution in [0.5, 0.6) is 0 Å². The summed E-state index contributed by atoms with van der Waals surface area (Å²) in [5, 5.41) is 3.62. The molecule has 2 aromatic rings. The highest BCUT2D eigenvalue weighted by Crippen LogP contribution is 2.33. The van der Waals surface area contributed by atoms with Gasteiger partial charge >= 0.3 is 17.6 Å². The Morgan fingerprint density at radius 3 is 2.58 bits per heavy atom. The molecule has 1 aliphatic heterocycles. The number of aromatic nitrogens is 2. The van der Waals surface area contributed by atoms with Crippen LogP contribution in [0.2, 0.25) is 0 Å². The molecule has 0 saturated carbocycles. The highest BCUT2D eigenvalue weighted by atomic mass is 16.6. The zero-order valence-electron chi connectivity index (χ0n) is 16.6. The van der Waals surface area contributed by atoms with Crippen LogP contribution in [0.3, 0.4) is 0 Å². The molecule has 0 aliphatic carbocycles. The van der Waals surface area contributed by atoms with E-state index in [1.54, 1.807) is 24.3 Å². The molecule has 0 spiro atoms. The normalized spacial score (nSPS) is 22.4. The lowest BCUT2D eigenvalue weighted by atomic mass is 10.1. The largest absolute Gasteiger partial charge is 0.459 e. The Morgan fingerprint density at radius 1 is 1.26 bits per heavy atom. The number of esters is 2. The van der Waals surface area contributed by atoms with E-state index in [1.165, 1.54) is 0 Å². The smallest absolute Gasteiger partial charge is 0.338 e. The summed E-state index contributed by atoms with van der Waals surface area (Å²) >= 11 is 0. The van der Waals surface area contributed by atoms with Crippen molar-refractivity contribution in [2.45, 2.75) is 38.3 Å². The SMILES string of the molecule is CC(=O)O[C@@H]1[C@H](N=[N+]=[N-])[C@@H](COC(=O)c2ccc(C)cc2)O[C@H]1n1ccc(=O)[nH]c1=O. The second-order valence-electron chi connectivity index (χ2n) is 6.82. The number of azide groups is 1. The highest BCUT2D eigenvalue weighted by molar-refractivity contribution is 5.89. The molecule has 0 amide bonds. The zero-order valence-corrected chi connectivity index (χ0v) is 16.6. The molecule has 12 heteroatoms. The fraction of sp³-hybridized carbons (Fsp3) is 0.368. The number of H-pyrrole nitrogens is 1. The molecule has 1 saturated heterocycles. The molecule has 1 aliphatic rings. The first-order valence-electron chi connectivity index (χ1n) is 9.22. The molecule has 1 aromatic heterocycles. The van der Waals surface area contributed by atoms with Gasteiger partial charge in [0.25, 0.3) is 5.56 Å². The minimum atomic E-state index is -1.22. The molecule has 12 nitrogen and oxygen atoms in total. The molecule has 162 valence electrons. The Balaban J connectivity index is 1.86. The van der Waals surface area contributed by atoms with Gasteiger partial charge in [-0.3, -0.25) is 19.1 Å². The molecule has 1 aromatic carbocycles. The van der Waals surface area contributed by atoms with Crippen LogP contribution in [0.1, 0.15) is 29.1 Å². The molecule has 1 N–H and O–H groups in total. The van der Waals surface area contributed by atoms with Crippen molar-refractivity contribution >= 4 is 11.9 Å². The number of carbonyl (C=O) groups excluding carboxylic acids is 2. The van der Waals surface area contributed by atoms with Crippen LogP contribution in [0.4, 0.5) is 0 Å². The average molecular weight is 429 g/mol. The Labute approximate surface area is 175 Å². The predicted molar refractivity (Wildman–Crippen MR) is 105 cm³/mol. The van der Waals surface area contributed by atoms with Gasteiger partial charge in [0.2, 0.25) is 0 Å². The van der Waals surface area contributed by atoms with Crippen LogP contribution in [-0.2, 0) is 19.0 Å². The fourth-order valence-corrected chi connectivity index (χ4v) is 3.16. The minimum Gasteiger partial charge on any atom is -0.459 e. The number of nitrogens with one attached hydrogen (secondary N) is 1. The maximum Gasteiger partial charge on any atom is 0.338 e. The molecule has 0 radical (unpaired) electrons. The summed E-state index contributed by atoms with van der Waals surface area (Å²) in [6.07, 6.45) is -2.26. The topological polar surface area (TPSA) is 165 Å². The monoisotopic (exact) mass is 429 g/mol. The van der Waals surface area contributed by atoms with Gasteiger partial charge in [-0.05, 0) is 24.6 Å². The van der Waals surface area contributed by atoms with Crippen molar-refractivity contribution in [1.82, 2.24) is 9.55 Å². The zero-order chi connectivity index (χ0) is 22.5. The first kappa shape index (κ1) is 21.8. The third-order valence-electron chi connectivity index (χ3n) is 4.59. The van der Waals surface area contributed by atoms with Crippen molar-refractivity contribution in [1.29, 1.82) is 0 Å². The maximum atomic E-state index is 12.3. The van der Waals surface area contributed by atoms with Gasteiger partial charge in [-0.1, -0.05) is 22.8 Å². The van der Waals surface area contributed by atoms with Crippen molar-refractivity contribution < 1.29 is 23.8 Å². The maximum absolute atomic E-state index is 12.3. The number of carbonyl (C=O) groups is 2. The van der Waals surface area contributed by atoms with E-state index in [9.17, 15) is 19.2 Å². The number of hydrogen-bond donors (Lipinski definition) is 1. The van der Waals surface area contributed by atoms with Crippen molar-refractivity contribution in [3.05, 3.63) is 78.9 Å². The van der Waals surface area contributed by atoms with Crippen molar-refractivity contribution in [3.63, 3.8) is 0 Å². The van der Waals surface area contributed by atoms with Crippen LogP contribution in [-0.4, -0.2) is 46.3 Å². The number of aryl methyl sites for hydroxylation is 1. The van der Waals surface area contributed by atoms with Gasteiger partial charge in [0.1, 0.15) is 18.8 Å². The lowest BCUT2D eigenvalue weighted by Crippen LogP contribution is -2.39. The lowest BCUT2D eigenvalue weighted by Gasteiger charge is -2.21. The van der Waals surface area contributed by atoms with E-state index >= 15 is 0 Å². The van der Waals surface area contributed by atoms with Gasteiger partial charge in [0.05, 0.1) is 5.56 Å². The number of benzene rings is 1. The number of nitrogens with zero attached hydrogens (tertiary/aromatic N) is 4. The van der Waals surface area contributed by atoms with Crippen LogP contribution in [0.15, 0.2) is 51.2 Å². The summed E-state index contributed by atoms with van der Waals surface area (Å²) in [4.78, 5) is 52.3. The molecule has 1 fully saturated rings. The van der Waals surface area contributed by atoms with E-state index in [1.807, 2.05) is 6.92 Å². The molecule has 2 heterocycles. The number of aromatic amines is 1. The van der Waals surface area contributed by atoms with Crippen molar-refractivity contribution in [2.24, 2.45) is 5.11 Å². The summed E-state index contributed by atoms with van der Waals surface area (Å²) in [6.45, 7) is 2.69. The van der Waals surface area contributed by atoms with E-state index in [4.69, 9.17) is 19.7 Å². The van der Waals surface area contributed by atoms with Gasteiger partial charge in [0, 0.05) is 24.1 Å². The van der Waals surface area contributed by atoms with Crippen LogP contribution in [0, 0.1) is 6.92 Å². The van der Waals surface area contributed by atoms with Gasteiger partial charge in [0.15, 0.2) is 12.3 Å². The Hall–Kier alpha value is -3.89. The molecule has 0 bridgehead atoms. The Morgan fingerprint density at radius 2 is 1.97 bits per heavy atom. The lowest BCUT2D eigenvalue weighted by molar-refractivity contribution is -0.153. The summed E-state index contributed by atoms with van der Waals surface area (Å²) in [5.74, 6) is -1.33. The average Bonchev–Trinajstić information content (AvgIpc) is 3.03. The van der Waals surface area contributed by atoms with Crippen LogP contribution >= 0.6 is 0 Å². The minimum absolute atomic E-state index is 0.314. The van der Waals surface area contributed by atoms with Crippen LogP contribution < -0.4 is 11.2 Å². The highest BCUT2D eigenvalue weighted by Gasteiger charge is 2.48. The Kier molecular flexibility index (Phi) is 6.53. The standard InChI is InChI=1S/C19H19N5O7/c1-10-3-5-12(6-4-10)18(27)29-9-13-15(22-23-20)16(30-11(2)25)17(31-13)24-8-7-14(26)21-19(24)28/h3-8,13,15-17H,9H2,1-2H3,(H,21,26,28)/t13-,15-,16-,17-/m1/s1. The second kappa shape index (κ2) is 9.28. The molecule has 31 heavy (non-hydrogen) atoms. The third-order valence-corrected chi connectivity index (χ3v) is 4.59. The van der Waals surface area contributed by atoms with Gasteiger partial charge in [-0.15, -0.1) is 0 Å². The first-order chi connectivity index (χ1) is 14.8. The van der Waals surface area contributed by atoms with Gasteiger partial charge in [-0.2, -0.15) is 0 Å². The van der Waals surface area contributed by atoms with Gasteiger partial charge in [-0.25, -0.2) is 9.59 Å². The molecule has 0 unspecified atom stereocenters. The van der Waals surface area contributed by atoms with E-state index in [2.05, 4.69) is 15.0 Å². The Bertz CT molecular complexity index is 1130. The van der Waals surface area contributed by atoms with E-state index < -0.39 is 47.7 Å². The quantitative estimate of drug-likeness (QED) is 0.312. The van der Waals surface area contributed by atoms with Crippen molar-refractivity contribution in [2.75, 3.05) is 6.61 Å². The summed E-state index contributed by atoms with van der Waals surface area (Å²) < 4.78 is 17.3. The predicted octanol–water partition coefficient (Wildman–Crippen LogP) is 1.21. The molecular weight excluding hydrogens is 410 g/mol. The second-order valence-corrected chi connectivity index (χ2v) is 6.82. The summed E-state index contributed by atoms with van der Waals surface area (Å²) in [7, 11) is 0. The van der Waals surface area contributed by atoms with Gasteiger partial charge < -0.3 is 14.2 Å². The summed E-state index contributed by atoms with van der Waals surface area (Å²) in [5.41, 5.74) is 8.81. The van der Waals surface area contributed by atoms with E-state index in [0.717, 1.165) is 29.3 Å². The number of ether oxygens (including phenoxy) is 3. The summed E-state index contributed by atoms with van der Waals surface area (Å²) in [6, 6.07) is 6.69. The van der Waals surface area contributed by atoms with E-state index in [0.29, 0.717) is 5.56 Å². The third kappa shape index (κ3) is 5.00. The van der Waals surface area contributed by atoms with Crippen molar-refractivity contribution in [3.8, 4) is 0 Å². The number of rotatable bonds is 6. The first-order valence-corrected chi connectivity index (χ1v) is 9.22. The molecule has 3 rings (SSSR count). The molecular formula is C19H19N5O7. The number of hydrogen-bond acceptors (Lipinski definition) is 8. The van der Waals surface area contributed by atoms with E-state index in [-0.39, 0.29) is 6.61 Å². The van der Waals surface area contributed by atoms with Crippen LogP contribution in [0.25, 0.3) is 10.4 Å².